The van der Waals surface area contributed by atoms with Gasteiger partial charge in [0.1, 0.15) is 0 Å². The van der Waals surface area contributed by atoms with E-state index in [2.05, 4.69) is 40.7 Å². The molecule has 0 spiro atoms. The quantitative estimate of drug-likeness (QED) is 0.407. The smallest absolute Gasteiger partial charge is 0.306 e. The third-order valence-electron chi connectivity index (χ3n) is 9.76. The first-order chi connectivity index (χ1) is 15.0. The lowest BCUT2D eigenvalue weighted by Crippen LogP contribution is -2.47. The molecule has 0 bridgehead atoms. The van der Waals surface area contributed by atoms with E-state index in [0.29, 0.717) is 35.9 Å². The molecule has 0 aromatic heterocycles. The van der Waals surface area contributed by atoms with Crippen molar-refractivity contribution >= 4 is 11.8 Å². The average molecular weight is 445 g/mol. The monoisotopic (exact) mass is 444 g/mol. The van der Waals surface area contributed by atoms with Crippen molar-refractivity contribution in [2.24, 2.45) is 40.4 Å². The molecular weight excluding hydrogens is 396 g/mol. The van der Waals surface area contributed by atoms with Crippen LogP contribution in [0.1, 0.15) is 107 Å². The maximum Gasteiger partial charge on any atom is 0.306 e. The Balaban J connectivity index is 0.00000176. The predicted octanol–water partition coefficient (Wildman–Crippen LogP) is 7.85. The first-order valence-electron chi connectivity index (χ1n) is 13.2. The van der Waals surface area contributed by atoms with E-state index in [1.165, 1.54) is 18.4 Å². The van der Waals surface area contributed by atoms with Crippen molar-refractivity contribution in [1.82, 2.24) is 0 Å². The Hall–Kier alpha value is -1.38. The normalized spacial score (nSPS) is 34.6. The number of carbonyl (C=O) groups excluding carboxylic acids is 1. The Morgan fingerprint density at radius 3 is 2.44 bits per heavy atom. The molecule has 0 radical (unpaired) electrons. The van der Waals surface area contributed by atoms with Gasteiger partial charge in [-0.1, -0.05) is 85.5 Å². The van der Waals surface area contributed by atoms with Gasteiger partial charge < -0.3 is 5.11 Å². The number of carbonyl (C=O) groups is 2. The SMILES string of the molecule is CC.CC(CCCC(C)C(C)C1(C)CCC2C(=CCC3=CC(=O)CCC32C)C1C)C(=O)O. The van der Waals surface area contributed by atoms with Crippen molar-refractivity contribution < 1.29 is 14.7 Å². The van der Waals surface area contributed by atoms with Gasteiger partial charge in [-0.3, -0.25) is 9.59 Å². The summed E-state index contributed by atoms with van der Waals surface area (Å²) >= 11 is 0. The third-order valence-corrected chi connectivity index (χ3v) is 9.76. The zero-order valence-corrected chi connectivity index (χ0v) is 22.0. The molecule has 3 aliphatic carbocycles. The molecule has 0 aromatic carbocycles. The second-order valence-corrected chi connectivity index (χ2v) is 11.2. The highest BCUT2D eigenvalue weighted by molar-refractivity contribution is 5.91. The molecule has 3 aliphatic rings. The third kappa shape index (κ3) is 5.07. The van der Waals surface area contributed by atoms with Crippen LogP contribution in [0.25, 0.3) is 0 Å². The van der Waals surface area contributed by atoms with Crippen LogP contribution in [0, 0.1) is 40.4 Å². The Morgan fingerprint density at radius 1 is 1.16 bits per heavy atom. The summed E-state index contributed by atoms with van der Waals surface area (Å²) in [7, 11) is 0. The van der Waals surface area contributed by atoms with E-state index < -0.39 is 5.97 Å². The van der Waals surface area contributed by atoms with Crippen LogP contribution in [0.15, 0.2) is 23.3 Å². The van der Waals surface area contributed by atoms with Crippen LogP contribution >= 0.6 is 0 Å². The molecule has 0 amide bonds. The summed E-state index contributed by atoms with van der Waals surface area (Å²) in [6.45, 7) is 18.0. The molecule has 0 heterocycles. The van der Waals surface area contributed by atoms with Gasteiger partial charge in [-0.15, -0.1) is 0 Å². The van der Waals surface area contributed by atoms with Gasteiger partial charge in [-0.05, 0) is 72.7 Å². The van der Waals surface area contributed by atoms with Crippen LogP contribution in [0.5, 0.6) is 0 Å². The minimum absolute atomic E-state index is 0.176. The molecule has 0 aliphatic heterocycles. The van der Waals surface area contributed by atoms with E-state index >= 15 is 0 Å². The van der Waals surface area contributed by atoms with Gasteiger partial charge in [0, 0.05) is 6.42 Å². The van der Waals surface area contributed by atoms with Gasteiger partial charge in [0.25, 0.3) is 0 Å². The minimum atomic E-state index is -0.676. The fourth-order valence-corrected chi connectivity index (χ4v) is 6.81. The van der Waals surface area contributed by atoms with Gasteiger partial charge in [-0.25, -0.2) is 0 Å². The maximum atomic E-state index is 12.0. The molecule has 3 heteroatoms. The second kappa shape index (κ2) is 10.7. The topological polar surface area (TPSA) is 54.4 Å². The van der Waals surface area contributed by atoms with Crippen molar-refractivity contribution in [3.8, 4) is 0 Å². The van der Waals surface area contributed by atoms with Crippen molar-refractivity contribution in [3.63, 3.8) is 0 Å². The van der Waals surface area contributed by atoms with Crippen LogP contribution in [0.3, 0.4) is 0 Å². The molecule has 3 rings (SSSR count). The standard InChI is InChI=1S/C27H42O3.C2H6/c1-17(8-7-9-18(2)25(29)30)19(3)26(5)15-13-24-23(20(26)4)11-10-21-16-22(28)12-14-27(21,24)6;1-2/h11,16-20,24H,7-10,12-15H2,1-6H3,(H,29,30);1-2H3. The van der Waals surface area contributed by atoms with Crippen LogP contribution in [-0.2, 0) is 9.59 Å². The lowest BCUT2D eigenvalue weighted by atomic mass is 9.48. The van der Waals surface area contributed by atoms with Crippen molar-refractivity contribution in [2.75, 3.05) is 0 Å². The van der Waals surface area contributed by atoms with E-state index in [0.717, 1.165) is 32.1 Å². The van der Waals surface area contributed by atoms with Crippen LogP contribution in [-0.4, -0.2) is 16.9 Å². The molecule has 182 valence electrons. The number of allylic oxidation sites excluding steroid dienone is 4. The van der Waals surface area contributed by atoms with Gasteiger partial charge in [0.2, 0.25) is 0 Å². The number of fused-ring (bicyclic) bond motifs is 3. The number of carboxylic acids is 1. The zero-order valence-electron chi connectivity index (χ0n) is 22.0. The molecule has 1 fully saturated rings. The molecular formula is C29H48O3. The van der Waals surface area contributed by atoms with E-state index in [1.807, 2.05) is 26.8 Å². The number of carboxylic acid groups (broad SMARTS) is 1. The summed E-state index contributed by atoms with van der Waals surface area (Å²) in [5.41, 5.74) is 3.48. The molecule has 3 nitrogen and oxygen atoms in total. The van der Waals surface area contributed by atoms with E-state index in [1.54, 1.807) is 5.57 Å². The summed E-state index contributed by atoms with van der Waals surface area (Å²) in [6, 6.07) is 0. The summed E-state index contributed by atoms with van der Waals surface area (Å²) in [4.78, 5) is 23.1. The molecule has 0 aromatic rings. The predicted molar refractivity (Wildman–Crippen MR) is 133 cm³/mol. The first kappa shape index (κ1) is 26.9. The average Bonchev–Trinajstić information content (AvgIpc) is 2.77. The Morgan fingerprint density at radius 2 is 1.81 bits per heavy atom. The van der Waals surface area contributed by atoms with Crippen molar-refractivity contribution in [1.29, 1.82) is 0 Å². The molecule has 7 atom stereocenters. The first-order valence-corrected chi connectivity index (χ1v) is 13.2. The number of hydrogen-bond donors (Lipinski definition) is 1. The summed E-state index contributed by atoms with van der Waals surface area (Å²) in [5.74, 6) is 1.74. The van der Waals surface area contributed by atoms with Gasteiger partial charge in [0.05, 0.1) is 5.92 Å². The van der Waals surface area contributed by atoms with Gasteiger partial charge in [0.15, 0.2) is 5.78 Å². The molecule has 1 saturated carbocycles. The van der Waals surface area contributed by atoms with Crippen LogP contribution < -0.4 is 0 Å². The number of ketones is 1. The summed E-state index contributed by atoms with van der Waals surface area (Å²) < 4.78 is 0. The lowest BCUT2D eigenvalue weighted by molar-refractivity contribution is -0.141. The Kier molecular flexibility index (Phi) is 8.98. The molecule has 0 saturated heterocycles. The van der Waals surface area contributed by atoms with Gasteiger partial charge >= 0.3 is 5.97 Å². The highest BCUT2D eigenvalue weighted by Gasteiger charge is 2.52. The molecule has 1 N–H and O–H groups in total. The fraction of sp³-hybridized carbons (Fsp3) is 0.793. The lowest BCUT2D eigenvalue weighted by Gasteiger charge is -2.56. The van der Waals surface area contributed by atoms with Crippen LogP contribution in [0.4, 0.5) is 0 Å². The molecule has 32 heavy (non-hydrogen) atoms. The Labute approximate surface area is 197 Å². The Bertz CT molecular complexity index is 748. The summed E-state index contributed by atoms with van der Waals surface area (Å²) in [6.07, 6.45) is 12.4. The zero-order chi connectivity index (χ0) is 24.3. The maximum absolute atomic E-state index is 12.0. The molecule has 7 unspecified atom stereocenters. The highest BCUT2D eigenvalue weighted by Crippen LogP contribution is 2.61. The fourth-order valence-electron chi connectivity index (χ4n) is 6.81. The summed E-state index contributed by atoms with van der Waals surface area (Å²) in [5, 5.41) is 9.14. The largest absolute Gasteiger partial charge is 0.481 e. The highest BCUT2D eigenvalue weighted by atomic mass is 16.4. The minimum Gasteiger partial charge on any atom is -0.481 e. The van der Waals surface area contributed by atoms with Crippen molar-refractivity contribution in [3.05, 3.63) is 23.3 Å². The van der Waals surface area contributed by atoms with E-state index in [4.69, 9.17) is 5.11 Å². The number of hydrogen-bond acceptors (Lipinski definition) is 2. The van der Waals surface area contributed by atoms with Crippen molar-refractivity contribution in [2.45, 2.75) is 107 Å². The number of aliphatic carboxylic acids is 1. The van der Waals surface area contributed by atoms with E-state index in [-0.39, 0.29) is 16.7 Å². The second-order valence-electron chi connectivity index (χ2n) is 11.2. The van der Waals surface area contributed by atoms with E-state index in [9.17, 15) is 9.59 Å². The van der Waals surface area contributed by atoms with Gasteiger partial charge in [-0.2, -0.15) is 0 Å². The van der Waals surface area contributed by atoms with Crippen LogP contribution in [0.2, 0.25) is 0 Å². The number of rotatable bonds is 7.